The van der Waals surface area contributed by atoms with Gasteiger partial charge in [0, 0.05) is 0 Å². The second kappa shape index (κ2) is 5.03. The van der Waals surface area contributed by atoms with E-state index in [-0.39, 0.29) is 12.4 Å². The topological polar surface area (TPSA) is 12.5 Å². The first-order valence-corrected chi connectivity index (χ1v) is 2.87. The Kier molecular flexibility index (Phi) is 6.68. The van der Waals surface area contributed by atoms with E-state index in [0.717, 1.165) is 17.7 Å². The van der Waals surface area contributed by atoms with Crippen molar-refractivity contribution >= 4 is 0 Å². The maximum absolute atomic E-state index is 4.50. The van der Waals surface area contributed by atoms with Crippen molar-refractivity contribution in [1.29, 1.82) is 0 Å². The fourth-order valence-corrected chi connectivity index (χ4v) is 0. The Hall–Kier alpha value is 0.210. The summed E-state index contributed by atoms with van der Waals surface area (Å²) in [4.78, 5) is 0. The molecule has 0 spiro atoms. The van der Waals surface area contributed by atoms with Gasteiger partial charge in [0.15, 0.2) is 0 Å². The molecule has 0 amide bonds. The zero-order valence-corrected chi connectivity index (χ0v) is 7.40. The normalized spacial score (nSPS) is 14.7. The largest absolute Gasteiger partial charge is 1.00 e. The number of hydrogen-bond acceptors (Lipinski definition) is 1. The first kappa shape index (κ1) is 11.9. The molecule has 0 N–H and O–H groups in total. The lowest BCUT2D eigenvalue weighted by Gasteiger charge is -2.14. The van der Waals surface area contributed by atoms with Gasteiger partial charge in [0.2, 0.25) is 0 Å². The minimum atomic E-state index is 0. The first-order chi connectivity index (χ1) is 3.50. The predicted molar refractivity (Wildman–Crippen MR) is 34.8 cm³/mol. The third kappa shape index (κ3) is 216. The summed E-state index contributed by atoms with van der Waals surface area (Å²) in [7, 11) is 8.50. The zero-order chi connectivity index (χ0) is 6.62. The lowest BCUT2D eigenvalue weighted by Crippen LogP contribution is -3.00. The summed E-state index contributed by atoms with van der Waals surface area (Å²) in [5, 5.41) is 0. The third-order valence-electron chi connectivity index (χ3n) is 0.204. The zero-order valence-electron chi connectivity index (χ0n) is 6.65. The van der Waals surface area contributed by atoms with Crippen molar-refractivity contribution in [2.75, 3.05) is 41.4 Å². The molecule has 1 heterocycles. The van der Waals surface area contributed by atoms with Crippen molar-refractivity contribution in [3.05, 3.63) is 0 Å². The lowest BCUT2D eigenvalue weighted by molar-refractivity contribution is -0.849. The van der Waals surface area contributed by atoms with E-state index in [0.29, 0.717) is 0 Å². The molecule has 1 saturated heterocycles. The number of epoxide rings is 1. The maximum atomic E-state index is 4.50. The van der Waals surface area contributed by atoms with Crippen LogP contribution in [-0.2, 0) is 4.74 Å². The standard InChI is InChI=1S/C4H12N.C2H4O.ClH/c1-5(2,3)4;1-2-3-1;/h1-4H3;1-2H2;1H/q+1;;/p-1. The minimum Gasteiger partial charge on any atom is -1.00 e. The Morgan fingerprint density at radius 3 is 1.11 bits per heavy atom. The Labute approximate surface area is 63.8 Å². The molecule has 3 heteroatoms. The molecule has 1 aliphatic heterocycles. The van der Waals surface area contributed by atoms with Crippen LogP contribution in [0.4, 0.5) is 0 Å². The first-order valence-electron chi connectivity index (χ1n) is 2.87. The summed E-state index contributed by atoms with van der Waals surface area (Å²) in [6.07, 6.45) is 0. The molecule has 1 fully saturated rings. The molecule has 0 atom stereocenters. The Morgan fingerprint density at radius 1 is 1.00 bits per heavy atom. The van der Waals surface area contributed by atoms with E-state index < -0.39 is 0 Å². The summed E-state index contributed by atoms with van der Waals surface area (Å²) in [6, 6.07) is 0. The molecule has 0 aromatic carbocycles. The van der Waals surface area contributed by atoms with Crippen molar-refractivity contribution in [2.45, 2.75) is 0 Å². The van der Waals surface area contributed by atoms with Crippen LogP contribution < -0.4 is 12.4 Å². The molecule has 9 heavy (non-hydrogen) atoms. The lowest BCUT2D eigenvalue weighted by atomic mass is 10.8. The van der Waals surface area contributed by atoms with Crippen LogP contribution >= 0.6 is 0 Å². The average Bonchev–Trinajstić information content (AvgIpc) is 1.95. The molecule has 2 nitrogen and oxygen atoms in total. The van der Waals surface area contributed by atoms with Crippen LogP contribution in [0.1, 0.15) is 0 Å². The quantitative estimate of drug-likeness (QED) is 0.274. The molecule has 0 bridgehead atoms. The van der Waals surface area contributed by atoms with Gasteiger partial charge < -0.3 is 21.6 Å². The summed E-state index contributed by atoms with van der Waals surface area (Å²) in [6.45, 7) is 2.00. The highest BCUT2D eigenvalue weighted by Gasteiger charge is 1.94. The van der Waals surface area contributed by atoms with Crippen molar-refractivity contribution in [3.63, 3.8) is 0 Å². The number of ether oxygens (including phenoxy) is 1. The van der Waals surface area contributed by atoms with Gasteiger partial charge >= 0.3 is 0 Å². The predicted octanol–water partition coefficient (Wildman–Crippen LogP) is -2.66. The van der Waals surface area contributed by atoms with Crippen molar-refractivity contribution in [1.82, 2.24) is 0 Å². The molecular formula is C6H16ClNO. The van der Waals surface area contributed by atoms with E-state index in [2.05, 4.69) is 32.9 Å². The van der Waals surface area contributed by atoms with Gasteiger partial charge in [-0.1, -0.05) is 0 Å². The Bertz CT molecular complexity index is 49.8. The molecule has 1 aliphatic rings. The molecule has 58 valence electrons. The van der Waals surface area contributed by atoms with Gasteiger partial charge in [-0.3, -0.25) is 0 Å². The summed E-state index contributed by atoms with van der Waals surface area (Å²) in [5.41, 5.74) is 0. The van der Waals surface area contributed by atoms with Crippen LogP contribution in [0.15, 0.2) is 0 Å². The van der Waals surface area contributed by atoms with Gasteiger partial charge in [-0.25, -0.2) is 0 Å². The van der Waals surface area contributed by atoms with E-state index in [1.807, 2.05) is 0 Å². The minimum absolute atomic E-state index is 0. The molecule has 0 radical (unpaired) electrons. The van der Waals surface area contributed by atoms with Crippen LogP contribution in [0, 0.1) is 0 Å². The fraction of sp³-hybridized carbons (Fsp3) is 1.00. The number of rotatable bonds is 0. The summed E-state index contributed by atoms with van der Waals surface area (Å²) >= 11 is 0. The summed E-state index contributed by atoms with van der Waals surface area (Å²) < 4.78 is 5.50. The third-order valence-corrected chi connectivity index (χ3v) is 0.204. The number of halogens is 1. The maximum Gasteiger partial charge on any atom is 0.0701 e. The van der Waals surface area contributed by atoms with E-state index in [1.54, 1.807) is 0 Å². The van der Waals surface area contributed by atoms with Gasteiger partial charge in [0.1, 0.15) is 0 Å². The van der Waals surface area contributed by atoms with Crippen LogP contribution in [0.5, 0.6) is 0 Å². The van der Waals surface area contributed by atoms with Gasteiger partial charge in [0.05, 0.1) is 41.4 Å². The molecule has 0 saturated carbocycles. The number of nitrogens with zero attached hydrogens (tertiary/aromatic N) is 1. The SMILES string of the molecule is C1CO1.C[N+](C)(C)C.[Cl-]. The van der Waals surface area contributed by atoms with Gasteiger partial charge in [-0.15, -0.1) is 0 Å². The van der Waals surface area contributed by atoms with Crippen LogP contribution in [-0.4, -0.2) is 45.9 Å². The highest BCUT2D eigenvalue weighted by molar-refractivity contribution is 4.36. The smallest absolute Gasteiger partial charge is 0.0701 e. The average molecular weight is 154 g/mol. The van der Waals surface area contributed by atoms with Crippen LogP contribution in [0.3, 0.4) is 0 Å². The van der Waals surface area contributed by atoms with E-state index in [4.69, 9.17) is 0 Å². The highest BCUT2D eigenvalue weighted by atomic mass is 35.5. The molecule has 0 aromatic heterocycles. The van der Waals surface area contributed by atoms with E-state index in [9.17, 15) is 0 Å². The summed E-state index contributed by atoms with van der Waals surface area (Å²) in [5.74, 6) is 0. The molecular weight excluding hydrogens is 138 g/mol. The van der Waals surface area contributed by atoms with Crippen molar-refractivity contribution in [2.24, 2.45) is 0 Å². The van der Waals surface area contributed by atoms with Crippen molar-refractivity contribution < 1.29 is 21.6 Å². The van der Waals surface area contributed by atoms with Gasteiger partial charge in [-0.05, 0) is 0 Å². The van der Waals surface area contributed by atoms with E-state index >= 15 is 0 Å². The second-order valence-electron chi connectivity index (χ2n) is 3.30. The monoisotopic (exact) mass is 153 g/mol. The van der Waals surface area contributed by atoms with Gasteiger partial charge in [0.25, 0.3) is 0 Å². The molecule has 0 aliphatic carbocycles. The Balaban J connectivity index is 0. The van der Waals surface area contributed by atoms with Crippen LogP contribution in [0.25, 0.3) is 0 Å². The van der Waals surface area contributed by atoms with Crippen molar-refractivity contribution in [3.8, 4) is 0 Å². The fourth-order valence-electron chi connectivity index (χ4n) is 0. The second-order valence-corrected chi connectivity index (χ2v) is 3.30. The van der Waals surface area contributed by atoms with E-state index in [1.165, 1.54) is 0 Å². The number of hydrogen-bond donors (Lipinski definition) is 0. The molecule has 0 aromatic rings. The van der Waals surface area contributed by atoms with Crippen LogP contribution in [0.2, 0.25) is 0 Å². The molecule has 1 rings (SSSR count). The van der Waals surface area contributed by atoms with Gasteiger partial charge in [-0.2, -0.15) is 0 Å². The highest BCUT2D eigenvalue weighted by Crippen LogP contribution is 1.84. The Morgan fingerprint density at radius 2 is 1.11 bits per heavy atom. The number of quaternary nitrogens is 1. The molecule has 0 unspecified atom stereocenters.